The van der Waals surface area contributed by atoms with Gasteiger partial charge < -0.3 is 10.6 Å². The van der Waals surface area contributed by atoms with Crippen molar-refractivity contribution >= 4 is 23.2 Å². The number of carbonyl (C=O) groups is 1. The van der Waals surface area contributed by atoms with Crippen molar-refractivity contribution in [3.05, 3.63) is 38.9 Å². The average molecular weight is 272 g/mol. The van der Waals surface area contributed by atoms with Gasteiger partial charge in [-0.15, -0.1) is 0 Å². The normalized spacial score (nSPS) is 10.2. The smallest absolute Gasteiger partial charge is 0.283 e. The van der Waals surface area contributed by atoms with Crippen LogP contribution in [-0.2, 0) is 0 Å². The SMILES string of the molecule is CCN(CCN)C(=O)c1ccc(Cl)cc1[N+](=O)[O-]. The molecule has 18 heavy (non-hydrogen) atoms. The van der Waals surface area contributed by atoms with Gasteiger partial charge in [0.2, 0.25) is 0 Å². The van der Waals surface area contributed by atoms with E-state index in [1.54, 1.807) is 6.92 Å². The second-order valence-electron chi connectivity index (χ2n) is 3.59. The van der Waals surface area contributed by atoms with Crippen LogP contribution in [0.2, 0.25) is 5.02 Å². The Hall–Kier alpha value is -1.66. The number of carbonyl (C=O) groups excluding carboxylic acids is 1. The minimum absolute atomic E-state index is 0.0275. The zero-order valence-corrected chi connectivity index (χ0v) is 10.7. The molecule has 0 atom stereocenters. The quantitative estimate of drug-likeness (QED) is 0.651. The molecule has 98 valence electrons. The second kappa shape index (κ2) is 6.32. The molecule has 0 aliphatic carbocycles. The molecule has 0 aromatic heterocycles. The van der Waals surface area contributed by atoms with Crippen LogP contribution in [0.4, 0.5) is 5.69 Å². The lowest BCUT2D eigenvalue weighted by molar-refractivity contribution is -0.385. The van der Waals surface area contributed by atoms with E-state index in [0.717, 1.165) is 0 Å². The molecular weight excluding hydrogens is 258 g/mol. The molecule has 0 heterocycles. The molecule has 0 radical (unpaired) electrons. The molecule has 0 unspecified atom stereocenters. The van der Waals surface area contributed by atoms with Crippen molar-refractivity contribution in [1.29, 1.82) is 0 Å². The van der Waals surface area contributed by atoms with Gasteiger partial charge >= 0.3 is 0 Å². The van der Waals surface area contributed by atoms with Gasteiger partial charge in [0.05, 0.1) is 4.92 Å². The molecule has 1 rings (SSSR count). The van der Waals surface area contributed by atoms with Crippen molar-refractivity contribution in [2.45, 2.75) is 6.92 Å². The van der Waals surface area contributed by atoms with Gasteiger partial charge in [-0.3, -0.25) is 14.9 Å². The van der Waals surface area contributed by atoms with Gasteiger partial charge in [0.25, 0.3) is 11.6 Å². The van der Waals surface area contributed by atoms with Crippen LogP contribution in [0.3, 0.4) is 0 Å². The van der Waals surface area contributed by atoms with E-state index < -0.39 is 10.8 Å². The highest BCUT2D eigenvalue weighted by Crippen LogP contribution is 2.24. The van der Waals surface area contributed by atoms with E-state index in [-0.39, 0.29) is 16.3 Å². The first-order valence-corrected chi connectivity index (χ1v) is 5.82. The first-order valence-electron chi connectivity index (χ1n) is 5.44. The fraction of sp³-hybridized carbons (Fsp3) is 0.364. The number of nitrogens with two attached hydrogens (primary N) is 1. The molecule has 0 aliphatic rings. The Morgan fingerprint density at radius 1 is 1.56 bits per heavy atom. The molecule has 0 saturated carbocycles. The van der Waals surface area contributed by atoms with Crippen molar-refractivity contribution in [2.75, 3.05) is 19.6 Å². The van der Waals surface area contributed by atoms with Gasteiger partial charge in [0.1, 0.15) is 5.56 Å². The number of nitro groups is 1. The van der Waals surface area contributed by atoms with E-state index in [4.69, 9.17) is 17.3 Å². The van der Waals surface area contributed by atoms with Crippen molar-refractivity contribution in [3.8, 4) is 0 Å². The van der Waals surface area contributed by atoms with Crippen molar-refractivity contribution in [2.24, 2.45) is 5.73 Å². The van der Waals surface area contributed by atoms with Gasteiger partial charge in [-0.25, -0.2) is 0 Å². The van der Waals surface area contributed by atoms with E-state index >= 15 is 0 Å². The zero-order chi connectivity index (χ0) is 13.7. The lowest BCUT2D eigenvalue weighted by Crippen LogP contribution is -2.35. The third-order valence-electron chi connectivity index (χ3n) is 2.45. The Balaban J connectivity index is 3.15. The minimum Gasteiger partial charge on any atom is -0.337 e. The number of likely N-dealkylation sites (N-methyl/N-ethyl adjacent to an activating group) is 1. The first kappa shape index (κ1) is 14.4. The predicted octanol–water partition coefficient (Wildman–Crippen LogP) is 1.67. The Labute approximate surface area is 109 Å². The van der Waals surface area contributed by atoms with Crippen molar-refractivity contribution < 1.29 is 9.72 Å². The summed E-state index contributed by atoms with van der Waals surface area (Å²) in [4.78, 5) is 23.9. The maximum atomic E-state index is 12.1. The largest absolute Gasteiger partial charge is 0.337 e. The van der Waals surface area contributed by atoms with Gasteiger partial charge in [0.15, 0.2) is 0 Å². The molecule has 0 aliphatic heterocycles. The van der Waals surface area contributed by atoms with Crippen molar-refractivity contribution in [1.82, 2.24) is 4.90 Å². The van der Waals surface area contributed by atoms with E-state index in [9.17, 15) is 14.9 Å². The van der Waals surface area contributed by atoms with Crippen LogP contribution in [0.1, 0.15) is 17.3 Å². The molecule has 1 amide bonds. The van der Waals surface area contributed by atoms with E-state index in [1.165, 1.54) is 23.1 Å². The van der Waals surface area contributed by atoms with E-state index in [1.807, 2.05) is 0 Å². The molecule has 0 bridgehead atoms. The molecule has 1 aromatic carbocycles. The summed E-state index contributed by atoms with van der Waals surface area (Å²) in [7, 11) is 0. The molecule has 0 saturated heterocycles. The number of amides is 1. The monoisotopic (exact) mass is 271 g/mol. The molecule has 6 nitrogen and oxygen atoms in total. The van der Waals surface area contributed by atoms with Crippen LogP contribution >= 0.6 is 11.6 Å². The van der Waals surface area contributed by atoms with Gasteiger partial charge in [0, 0.05) is 30.7 Å². The summed E-state index contributed by atoms with van der Waals surface area (Å²) in [5, 5.41) is 11.1. The predicted molar refractivity (Wildman–Crippen MR) is 68.7 cm³/mol. The van der Waals surface area contributed by atoms with Gasteiger partial charge in [-0.05, 0) is 19.1 Å². The highest BCUT2D eigenvalue weighted by molar-refractivity contribution is 6.31. The van der Waals surface area contributed by atoms with Crippen LogP contribution in [-0.4, -0.2) is 35.4 Å². The fourth-order valence-electron chi connectivity index (χ4n) is 1.57. The average Bonchev–Trinajstić information content (AvgIpc) is 2.35. The maximum absolute atomic E-state index is 12.1. The zero-order valence-electron chi connectivity index (χ0n) is 9.93. The van der Waals surface area contributed by atoms with Crippen LogP contribution in [0.25, 0.3) is 0 Å². The molecular formula is C11H14ClN3O3. The van der Waals surface area contributed by atoms with E-state index in [0.29, 0.717) is 19.6 Å². The summed E-state index contributed by atoms with van der Waals surface area (Å²) in [6, 6.07) is 3.99. The highest BCUT2D eigenvalue weighted by Gasteiger charge is 2.23. The van der Waals surface area contributed by atoms with Crippen molar-refractivity contribution in [3.63, 3.8) is 0 Å². The Morgan fingerprint density at radius 3 is 2.72 bits per heavy atom. The number of benzene rings is 1. The molecule has 2 N–H and O–H groups in total. The Bertz CT molecular complexity index is 465. The summed E-state index contributed by atoms with van der Waals surface area (Å²) in [5.74, 6) is -0.411. The number of rotatable bonds is 5. The summed E-state index contributed by atoms with van der Waals surface area (Å²) in [5.41, 5.74) is 5.13. The lowest BCUT2D eigenvalue weighted by atomic mass is 10.1. The number of hydrogen-bond donors (Lipinski definition) is 1. The molecule has 0 fully saturated rings. The first-order chi connectivity index (χ1) is 8.51. The summed E-state index contributed by atoms with van der Waals surface area (Å²) in [6.45, 7) is 2.89. The molecule has 0 spiro atoms. The van der Waals surface area contributed by atoms with Gasteiger partial charge in [-0.2, -0.15) is 0 Å². The minimum atomic E-state index is -0.616. The Kier molecular flexibility index (Phi) is 5.06. The number of hydrogen-bond acceptors (Lipinski definition) is 4. The second-order valence-corrected chi connectivity index (χ2v) is 4.03. The molecule has 7 heteroatoms. The number of nitro benzene ring substituents is 1. The van der Waals surface area contributed by atoms with Gasteiger partial charge in [-0.1, -0.05) is 11.6 Å². The molecule has 1 aromatic rings. The topological polar surface area (TPSA) is 89.5 Å². The van der Waals surface area contributed by atoms with E-state index in [2.05, 4.69) is 0 Å². The summed E-state index contributed by atoms with van der Waals surface area (Å²) >= 11 is 5.69. The lowest BCUT2D eigenvalue weighted by Gasteiger charge is -2.19. The van der Waals surface area contributed by atoms with Crippen LogP contribution in [0.5, 0.6) is 0 Å². The van der Waals surface area contributed by atoms with Crippen LogP contribution < -0.4 is 5.73 Å². The Morgan fingerprint density at radius 2 is 2.22 bits per heavy atom. The number of halogens is 1. The summed E-state index contributed by atoms with van der Waals surface area (Å²) < 4.78 is 0. The number of nitrogens with zero attached hydrogens (tertiary/aromatic N) is 2. The summed E-state index contributed by atoms with van der Waals surface area (Å²) in [6.07, 6.45) is 0. The highest BCUT2D eigenvalue weighted by atomic mass is 35.5. The van der Waals surface area contributed by atoms with Crippen LogP contribution in [0.15, 0.2) is 18.2 Å². The standard InChI is InChI=1S/C11H14ClN3O3/c1-2-14(6-5-13)11(16)9-4-3-8(12)7-10(9)15(17)18/h3-4,7H,2,5-6,13H2,1H3. The maximum Gasteiger partial charge on any atom is 0.283 e. The van der Waals surface area contributed by atoms with Crippen LogP contribution in [0, 0.1) is 10.1 Å². The third-order valence-corrected chi connectivity index (χ3v) is 2.69. The fourth-order valence-corrected chi connectivity index (χ4v) is 1.73. The third kappa shape index (κ3) is 3.18.